The summed E-state index contributed by atoms with van der Waals surface area (Å²) in [4.78, 5) is 53.2. The van der Waals surface area contributed by atoms with Crippen molar-refractivity contribution in [3.63, 3.8) is 0 Å². The summed E-state index contributed by atoms with van der Waals surface area (Å²) in [5.74, 6) is -2.17. The van der Waals surface area contributed by atoms with Crippen LogP contribution in [-0.4, -0.2) is 47.4 Å². The molecule has 0 bridgehead atoms. The molecule has 0 saturated heterocycles. The van der Waals surface area contributed by atoms with Gasteiger partial charge in [0.05, 0.1) is 12.2 Å². The normalized spacial score (nSPS) is 12.8. The van der Waals surface area contributed by atoms with E-state index in [0.717, 1.165) is 15.8 Å². The van der Waals surface area contributed by atoms with Crippen molar-refractivity contribution in [1.29, 1.82) is 0 Å². The maximum Gasteiger partial charge on any atom is 0.366 e. The molecule has 0 aliphatic carbocycles. The van der Waals surface area contributed by atoms with Crippen LogP contribution >= 0.6 is 11.3 Å². The van der Waals surface area contributed by atoms with E-state index in [1.54, 1.807) is 13.8 Å². The molecule has 12 heteroatoms. The first-order valence-corrected chi connectivity index (χ1v) is 9.70. The number of carbonyl (C=O) groups excluding carboxylic acids is 3. The molecule has 1 aliphatic heterocycles. The van der Waals surface area contributed by atoms with Gasteiger partial charge in [0, 0.05) is 10.9 Å². The van der Waals surface area contributed by atoms with Gasteiger partial charge in [-0.05, 0) is 42.3 Å². The Balaban J connectivity index is 1.85. The standard InChI is InChI=1S/C18H18N4O7S/c1-4-28-18(25)15-9(2)10(3)30-17(15)20-13(23)7-21-14(24)8-29-11-5-6-12(22(26)27)19-16(11)21/h5-6H,4,7-8H2,1-3H3,(H,20,23). The molecule has 1 N–H and O–H groups in total. The lowest BCUT2D eigenvalue weighted by atomic mass is 10.1. The molecule has 11 nitrogen and oxygen atoms in total. The fraction of sp³-hybridized carbons (Fsp3) is 0.333. The van der Waals surface area contributed by atoms with Gasteiger partial charge in [0.25, 0.3) is 11.7 Å². The summed E-state index contributed by atoms with van der Waals surface area (Å²) >= 11 is 1.21. The Morgan fingerprint density at radius 1 is 1.40 bits per heavy atom. The fourth-order valence-corrected chi connectivity index (χ4v) is 3.87. The second-order valence-electron chi connectivity index (χ2n) is 6.27. The highest BCUT2D eigenvalue weighted by molar-refractivity contribution is 7.16. The average Bonchev–Trinajstić information content (AvgIpc) is 2.97. The van der Waals surface area contributed by atoms with Crippen molar-refractivity contribution < 1.29 is 28.8 Å². The molecule has 0 aromatic carbocycles. The highest BCUT2D eigenvalue weighted by Crippen LogP contribution is 2.34. The number of nitrogens with one attached hydrogen (secondary N) is 1. The molecule has 0 atom stereocenters. The largest absolute Gasteiger partial charge is 0.477 e. The molecule has 158 valence electrons. The number of ether oxygens (including phenoxy) is 2. The second-order valence-corrected chi connectivity index (χ2v) is 7.50. The smallest absolute Gasteiger partial charge is 0.366 e. The third-order valence-corrected chi connectivity index (χ3v) is 5.46. The number of hydrogen-bond acceptors (Lipinski definition) is 9. The van der Waals surface area contributed by atoms with Gasteiger partial charge >= 0.3 is 11.8 Å². The highest BCUT2D eigenvalue weighted by Gasteiger charge is 2.34. The van der Waals surface area contributed by atoms with Crippen LogP contribution in [0.15, 0.2) is 12.1 Å². The van der Waals surface area contributed by atoms with Gasteiger partial charge in [-0.2, -0.15) is 0 Å². The summed E-state index contributed by atoms with van der Waals surface area (Å²) in [6.45, 7) is 4.64. The number of amides is 2. The van der Waals surface area contributed by atoms with Crippen LogP contribution in [0.3, 0.4) is 0 Å². The van der Waals surface area contributed by atoms with Gasteiger partial charge in [-0.25, -0.2) is 4.79 Å². The molecule has 0 saturated carbocycles. The van der Waals surface area contributed by atoms with Gasteiger partial charge in [-0.3, -0.25) is 14.5 Å². The maximum absolute atomic E-state index is 12.7. The van der Waals surface area contributed by atoms with Crippen molar-refractivity contribution in [2.45, 2.75) is 20.8 Å². The van der Waals surface area contributed by atoms with Gasteiger partial charge in [-0.1, -0.05) is 0 Å². The number of nitro groups is 1. The minimum absolute atomic E-state index is 0.111. The number of nitrogens with zero attached hydrogens (tertiary/aromatic N) is 3. The van der Waals surface area contributed by atoms with E-state index in [9.17, 15) is 24.5 Å². The van der Waals surface area contributed by atoms with Crippen LogP contribution in [0.4, 0.5) is 16.6 Å². The molecule has 1 aliphatic rings. The second kappa shape index (κ2) is 8.45. The SMILES string of the molecule is CCOC(=O)c1c(NC(=O)CN2C(=O)COc3ccc([N+](=O)[O-])nc32)sc(C)c1C. The Morgan fingerprint density at radius 2 is 2.13 bits per heavy atom. The van der Waals surface area contributed by atoms with E-state index in [4.69, 9.17) is 9.47 Å². The molecule has 0 radical (unpaired) electrons. The zero-order valence-electron chi connectivity index (χ0n) is 16.4. The van der Waals surface area contributed by atoms with Crippen LogP contribution < -0.4 is 15.0 Å². The van der Waals surface area contributed by atoms with E-state index < -0.39 is 35.1 Å². The van der Waals surface area contributed by atoms with Crippen LogP contribution in [0.5, 0.6) is 5.75 Å². The number of fused-ring (bicyclic) bond motifs is 1. The molecule has 3 rings (SSSR count). The maximum atomic E-state index is 12.7. The number of carbonyl (C=O) groups is 3. The summed E-state index contributed by atoms with van der Waals surface area (Å²) in [6.07, 6.45) is 0. The van der Waals surface area contributed by atoms with E-state index in [-0.39, 0.29) is 30.3 Å². The fourth-order valence-electron chi connectivity index (χ4n) is 2.81. The average molecular weight is 434 g/mol. The topological polar surface area (TPSA) is 141 Å². The molecule has 30 heavy (non-hydrogen) atoms. The van der Waals surface area contributed by atoms with Crippen molar-refractivity contribution in [3.05, 3.63) is 38.3 Å². The van der Waals surface area contributed by atoms with Crippen LogP contribution in [0.25, 0.3) is 0 Å². The van der Waals surface area contributed by atoms with E-state index in [1.807, 2.05) is 6.92 Å². The number of rotatable bonds is 6. The highest BCUT2D eigenvalue weighted by atomic mass is 32.1. The first-order chi connectivity index (χ1) is 14.2. The Morgan fingerprint density at radius 3 is 2.80 bits per heavy atom. The molecule has 2 aromatic heterocycles. The lowest BCUT2D eigenvalue weighted by Crippen LogP contribution is -2.44. The predicted molar refractivity (Wildman–Crippen MR) is 107 cm³/mol. The van der Waals surface area contributed by atoms with Crippen LogP contribution in [0, 0.1) is 24.0 Å². The summed E-state index contributed by atoms with van der Waals surface area (Å²) in [6, 6.07) is 2.47. The summed E-state index contributed by atoms with van der Waals surface area (Å²) in [5, 5.41) is 13.9. The quantitative estimate of drug-likeness (QED) is 0.414. The van der Waals surface area contributed by atoms with Gasteiger partial charge in [0.2, 0.25) is 5.91 Å². The van der Waals surface area contributed by atoms with E-state index in [1.165, 1.54) is 17.4 Å². The molecule has 0 fully saturated rings. The van der Waals surface area contributed by atoms with Gasteiger partial charge in [0.15, 0.2) is 12.4 Å². The molecule has 2 amide bonds. The summed E-state index contributed by atoms with van der Waals surface area (Å²) in [5.41, 5.74) is 0.953. The molecular weight excluding hydrogens is 416 g/mol. The molecule has 3 heterocycles. The third-order valence-electron chi connectivity index (χ3n) is 4.34. The number of aryl methyl sites for hydroxylation is 1. The number of anilines is 2. The minimum Gasteiger partial charge on any atom is -0.477 e. The van der Waals surface area contributed by atoms with Gasteiger partial charge in [-0.15, -0.1) is 11.3 Å². The van der Waals surface area contributed by atoms with Crippen LogP contribution in [0.1, 0.15) is 27.7 Å². The number of hydrogen-bond donors (Lipinski definition) is 1. The molecular formula is C18H18N4O7S. The Labute approximate surface area is 174 Å². The first-order valence-electron chi connectivity index (χ1n) is 8.88. The monoisotopic (exact) mass is 434 g/mol. The minimum atomic E-state index is -0.708. The summed E-state index contributed by atoms with van der Waals surface area (Å²) < 4.78 is 10.3. The predicted octanol–water partition coefficient (Wildman–Crippen LogP) is 2.21. The number of aromatic nitrogens is 1. The van der Waals surface area contributed by atoms with Crippen molar-refractivity contribution in [3.8, 4) is 5.75 Å². The molecule has 2 aromatic rings. The molecule has 0 spiro atoms. The van der Waals surface area contributed by atoms with Crippen molar-refractivity contribution in [2.24, 2.45) is 0 Å². The zero-order chi connectivity index (χ0) is 22.0. The lowest BCUT2D eigenvalue weighted by molar-refractivity contribution is -0.389. The van der Waals surface area contributed by atoms with E-state index in [0.29, 0.717) is 10.6 Å². The van der Waals surface area contributed by atoms with Crippen LogP contribution in [-0.2, 0) is 14.3 Å². The van der Waals surface area contributed by atoms with Crippen molar-refractivity contribution >= 4 is 45.8 Å². The number of pyridine rings is 1. The van der Waals surface area contributed by atoms with Gasteiger partial charge < -0.3 is 24.9 Å². The lowest BCUT2D eigenvalue weighted by Gasteiger charge is -2.24. The van der Waals surface area contributed by atoms with Crippen molar-refractivity contribution in [1.82, 2.24) is 4.98 Å². The zero-order valence-corrected chi connectivity index (χ0v) is 17.2. The van der Waals surface area contributed by atoms with Gasteiger partial charge in [0.1, 0.15) is 11.5 Å². The number of thiophene rings is 1. The van der Waals surface area contributed by atoms with Crippen LogP contribution in [0.2, 0.25) is 0 Å². The van der Waals surface area contributed by atoms with E-state index in [2.05, 4.69) is 10.3 Å². The Hall–Kier alpha value is -3.54. The number of esters is 1. The van der Waals surface area contributed by atoms with E-state index >= 15 is 0 Å². The Bertz CT molecular complexity index is 1050. The molecule has 0 unspecified atom stereocenters. The third kappa shape index (κ3) is 4.08. The summed E-state index contributed by atoms with van der Waals surface area (Å²) in [7, 11) is 0. The Kier molecular flexibility index (Phi) is 5.96. The first kappa shape index (κ1) is 21.2. The van der Waals surface area contributed by atoms with Crippen molar-refractivity contribution in [2.75, 3.05) is 30.0 Å².